The van der Waals surface area contributed by atoms with E-state index in [4.69, 9.17) is 4.42 Å². The Labute approximate surface area is 126 Å². The lowest BCUT2D eigenvalue weighted by Gasteiger charge is -2.31. The standard InChI is InChI=1S/C16H25N3O2/c1-4-16(5-2,12-20)11-18-14(13-7-6-10-21-13)15-17-8-9-19(15)3/h6-10,14,18,20H,4-5,11-12H2,1-3H3. The summed E-state index contributed by atoms with van der Waals surface area (Å²) in [6, 6.07) is 3.72. The lowest BCUT2D eigenvalue weighted by molar-refractivity contribution is 0.110. The van der Waals surface area contributed by atoms with Crippen molar-refractivity contribution in [2.24, 2.45) is 12.5 Å². The summed E-state index contributed by atoms with van der Waals surface area (Å²) in [5, 5.41) is 13.2. The predicted octanol–water partition coefficient (Wildman–Crippen LogP) is 2.49. The summed E-state index contributed by atoms with van der Waals surface area (Å²) in [5.74, 6) is 1.74. The van der Waals surface area contributed by atoms with E-state index in [1.165, 1.54) is 0 Å². The molecule has 5 nitrogen and oxygen atoms in total. The molecule has 5 heteroatoms. The normalized spacial score (nSPS) is 13.5. The van der Waals surface area contributed by atoms with Crippen LogP contribution in [-0.2, 0) is 7.05 Å². The van der Waals surface area contributed by atoms with Crippen LogP contribution in [0.5, 0.6) is 0 Å². The zero-order valence-electron chi connectivity index (χ0n) is 13.0. The van der Waals surface area contributed by atoms with Gasteiger partial charge in [-0.25, -0.2) is 4.98 Å². The van der Waals surface area contributed by atoms with E-state index in [9.17, 15) is 5.11 Å². The van der Waals surface area contributed by atoms with E-state index in [1.807, 2.05) is 29.9 Å². The number of aliphatic hydroxyl groups excluding tert-OH is 1. The highest BCUT2D eigenvalue weighted by Gasteiger charge is 2.28. The van der Waals surface area contributed by atoms with Crippen molar-refractivity contribution in [3.05, 3.63) is 42.4 Å². The molecule has 0 aliphatic heterocycles. The van der Waals surface area contributed by atoms with Gasteiger partial charge in [0.05, 0.1) is 6.26 Å². The Morgan fingerprint density at radius 1 is 1.43 bits per heavy atom. The highest BCUT2D eigenvalue weighted by Crippen LogP contribution is 2.27. The Bertz CT molecular complexity index is 521. The van der Waals surface area contributed by atoms with Crippen molar-refractivity contribution in [1.29, 1.82) is 0 Å². The third-order valence-corrected chi connectivity index (χ3v) is 4.46. The Hall–Kier alpha value is -1.59. The van der Waals surface area contributed by atoms with Crippen molar-refractivity contribution in [2.45, 2.75) is 32.7 Å². The number of aromatic nitrogens is 2. The Kier molecular flexibility index (Phi) is 5.20. The van der Waals surface area contributed by atoms with Crippen LogP contribution in [0.15, 0.2) is 35.2 Å². The highest BCUT2D eigenvalue weighted by atomic mass is 16.3. The van der Waals surface area contributed by atoms with Gasteiger partial charge in [-0.05, 0) is 25.0 Å². The first kappa shape index (κ1) is 15.8. The minimum Gasteiger partial charge on any atom is -0.467 e. The molecule has 2 heterocycles. The van der Waals surface area contributed by atoms with Gasteiger partial charge in [-0.3, -0.25) is 0 Å². The first-order valence-electron chi connectivity index (χ1n) is 7.50. The number of aryl methyl sites for hydroxylation is 1. The molecule has 0 radical (unpaired) electrons. The zero-order valence-corrected chi connectivity index (χ0v) is 13.0. The quantitative estimate of drug-likeness (QED) is 0.784. The van der Waals surface area contributed by atoms with Gasteiger partial charge in [0.15, 0.2) is 0 Å². The second-order valence-corrected chi connectivity index (χ2v) is 5.59. The van der Waals surface area contributed by atoms with Crippen LogP contribution in [-0.4, -0.2) is 27.8 Å². The fourth-order valence-corrected chi connectivity index (χ4v) is 2.53. The number of aliphatic hydroxyl groups is 1. The van der Waals surface area contributed by atoms with Gasteiger partial charge >= 0.3 is 0 Å². The molecule has 0 saturated heterocycles. The van der Waals surface area contributed by atoms with Gasteiger partial charge in [0, 0.05) is 38.0 Å². The van der Waals surface area contributed by atoms with Crippen LogP contribution in [0.4, 0.5) is 0 Å². The second-order valence-electron chi connectivity index (χ2n) is 5.59. The van der Waals surface area contributed by atoms with Crippen molar-refractivity contribution in [2.75, 3.05) is 13.2 Å². The Morgan fingerprint density at radius 3 is 2.67 bits per heavy atom. The Morgan fingerprint density at radius 2 is 2.19 bits per heavy atom. The summed E-state index contributed by atoms with van der Waals surface area (Å²) in [4.78, 5) is 4.43. The summed E-state index contributed by atoms with van der Waals surface area (Å²) < 4.78 is 7.55. The number of furan rings is 1. The van der Waals surface area contributed by atoms with Gasteiger partial charge in [0.2, 0.25) is 0 Å². The summed E-state index contributed by atoms with van der Waals surface area (Å²) in [5.41, 5.74) is -0.101. The first-order chi connectivity index (χ1) is 10.2. The van der Waals surface area contributed by atoms with Crippen LogP contribution in [0, 0.1) is 5.41 Å². The van der Waals surface area contributed by atoms with E-state index in [0.29, 0.717) is 6.54 Å². The van der Waals surface area contributed by atoms with Gasteiger partial charge < -0.3 is 19.4 Å². The number of hydrogen-bond donors (Lipinski definition) is 2. The summed E-state index contributed by atoms with van der Waals surface area (Å²) in [6.45, 7) is 5.13. The van der Waals surface area contributed by atoms with Crippen LogP contribution in [0.1, 0.15) is 44.3 Å². The van der Waals surface area contributed by atoms with Crippen molar-refractivity contribution >= 4 is 0 Å². The molecule has 1 unspecified atom stereocenters. The minimum atomic E-state index is -0.107. The molecule has 2 aromatic heterocycles. The molecule has 0 aliphatic rings. The highest BCUT2D eigenvalue weighted by molar-refractivity contribution is 5.15. The number of nitrogens with one attached hydrogen (secondary N) is 1. The van der Waals surface area contributed by atoms with Gasteiger partial charge in [-0.15, -0.1) is 0 Å². The van der Waals surface area contributed by atoms with Gasteiger partial charge in [-0.2, -0.15) is 0 Å². The molecule has 2 aromatic rings. The summed E-state index contributed by atoms with van der Waals surface area (Å²) >= 11 is 0. The van der Waals surface area contributed by atoms with Crippen molar-refractivity contribution in [3.8, 4) is 0 Å². The van der Waals surface area contributed by atoms with E-state index in [2.05, 4.69) is 24.1 Å². The second kappa shape index (κ2) is 6.91. The van der Waals surface area contributed by atoms with Crippen LogP contribution in [0.3, 0.4) is 0 Å². The number of imidazole rings is 1. The van der Waals surface area contributed by atoms with Crippen LogP contribution in [0.2, 0.25) is 0 Å². The van der Waals surface area contributed by atoms with E-state index in [1.54, 1.807) is 12.5 Å². The predicted molar refractivity (Wildman–Crippen MR) is 81.9 cm³/mol. The average molecular weight is 291 g/mol. The molecule has 0 saturated carbocycles. The maximum absolute atomic E-state index is 9.72. The molecule has 0 spiro atoms. The molecular weight excluding hydrogens is 266 g/mol. The van der Waals surface area contributed by atoms with Gasteiger partial charge in [0.1, 0.15) is 17.6 Å². The van der Waals surface area contributed by atoms with Crippen molar-refractivity contribution < 1.29 is 9.52 Å². The fourth-order valence-electron chi connectivity index (χ4n) is 2.53. The maximum Gasteiger partial charge on any atom is 0.133 e. The summed E-state index contributed by atoms with van der Waals surface area (Å²) in [7, 11) is 1.97. The SMILES string of the molecule is CCC(CC)(CO)CNC(c1ccco1)c1nccn1C. The number of hydrogen-bond acceptors (Lipinski definition) is 4. The third-order valence-electron chi connectivity index (χ3n) is 4.46. The molecule has 0 fully saturated rings. The molecule has 0 aromatic carbocycles. The lowest BCUT2D eigenvalue weighted by Crippen LogP contribution is -2.39. The molecule has 21 heavy (non-hydrogen) atoms. The Balaban J connectivity index is 2.20. The molecule has 2 rings (SSSR count). The number of rotatable bonds is 8. The zero-order chi connectivity index (χ0) is 15.3. The topological polar surface area (TPSA) is 63.2 Å². The van der Waals surface area contributed by atoms with Crippen LogP contribution in [0.25, 0.3) is 0 Å². The van der Waals surface area contributed by atoms with Crippen LogP contribution < -0.4 is 5.32 Å². The van der Waals surface area contributed by atoms with Crippen molar-refractivity contribution in [3.63, 3.8) is 0 Å². The number of nitrogens with zero attached hydrogens (tertiary/aromatic N) is 2. The smallest absolute Gasteiger partial charge is 0.133 e. The van der Waals surface area contributed by atoms with Gasteiger partial charge in [0.25, 0.3) is 0 Å². The average Bonchev–Trinajstić information content (AvgIpc) is 3.17. The maximum atomic E-state index is 9.72. The molecule has 2 N–H and O–H groups in total. The van der Waals surface area contributed by atoms with Gasteiger partial charge in [-0.1, -0.05) is 13.8 Å². The van der Waals surface area contributed by atoms with E-state index >= 15 is 0 Å². The fraction of sp³-hybridized carbons (Fsp3) is 0.562. The summed E-state index contributed by atoms with van der Waals surface area (Å²) in [6.07, 6.45) is 7.24. The van der Waals surface area contributed by atoms with E-state index in [-0.39, 0.29) is 18.1 Å². The molecule has 116 valence electrons. The third kappa shape index (κ3) is 3.36. The molecular formula is C16H25N3O2. The first-order valence-corrected chi connectivity index (χ1v) is 7.50. The molecule has 0 amide bonds. The van der Waals surface area contributed by atoms with E-state index < -0.39 is 0 Å². The molecule has 0 aliphatic carbocycles. The monoisotopic (exact) mass is 291 g/mol. The molecule has 0 bridgehead atoms. The largest absolute Gasteiger partial charge is 0.467 e. The van der Waals surface area contributed by atoms with Crippen LogP contribution >= 0.6 is 0 Å². The lowest BCUT2D eigenvalue weighted by atomic mass is 9.83. The molecule has 1 atom stereocenters. The van der Waals surface area contributed by atoms with Crippen molar-refractivity contribution in [1.82, 2.24) is 14.9 Å². The minimum absolute atomic E-state index is 0.101. The van der Waals surface area contributed by atoms with E-state index in [0.717, 1.165) is 24.4 Å².